The smallest absolute Gasteiger partial charge is 0.308 e. The molecule has 4 nitrogen and oxygen atoms in total. The Morgan fingerprint density at radius 1 is 1.44 bits per heavy atom. The lowest BCUT2D eigenvalue weighted by Gasteiger charge is -2.11. The zero-order valence-electron chi connectivity index (χ0n) is 10.3. The average molecular weight is 249 g/mol. The summed E-state index contributed by atoms with van der Waals surface area (Å²) in [7, 11) is 0. The van der Waals surface area contributed by atoms with Crippen LogP contribution in [0.15, 0.2) is 43.0 Å². The van der Waals surface area contributed by atoms with E-state index in [4.69, 9.17) is 9.84 Å². The molecule has 0 fully saturated rings. The largest absolute Gasteiger partial charge is 0.481 e. The van der Waals surface area contributed by atoms with E-state index >= 15 is 0 Å². The Kier molecular flexibility index (Phi) is 6.76. The summed E-state index contributed by atoms with van der Waals surface area (Å²) in [5.74, 6) is -1.26. The van der Waals surface area contributed by atoms with E-state index in [-0.39, 0.29) is 0 Å². The second-order valence-corrected chi connectivity index (χ2v) is 3.99. The minimum atomic E-state index is -0.814. The number of carboxylic acid groups (broad SMARTS) is 1. The van der Waals surface area contributed by atoms with Crippen molar-refractivity contribution < 1.29 is 14.6 Å². The minimum absolute atomic E-state index is 0.343. The highest BCUT2D eigenvalue weighted by Gasteiger charge is 2.14. The Hall–Kier alpha value is -1.65. The van der Waals surface area contributed by atoms with Gasteiger partial charge in [-0.05, 0) is 12.0 Å². The molecule has 0 radical (unpaired) electrons. The van der Waals surface area contributed by atoms with Crippen molar-refractivity contribution in [1.82, 2.24) is 5.32 Å². The van der Waals surface area contributed by atoms with Gasteiger partial charge >= 0.3 is 5.97 Å². The van der Waals surface area contributed by atoms with Crippen molar-refractivity contribution in [2.45, 2.75) is 13.0 Å². The molecule has 2 N–H and O–H groups in total. The Balaban J connectivity index is 2.14. The van der Waals surface area contributed by atoms with Crippen molar-refractivity contribution in [2.75, 3.05) is 13.3 Å². The lowest BCUT2D eigenvalue weighted by Crippen LogP contribution is -2.29. The van der Waals surface area contributed by atoms with E-state index < -0.39 is 11.9 Å². The van der Waals surface area contributed by atoms with Gasteiger partial charge in [-0.15, -0.1) is 6.58 Å². The van der Waals surface area contributed by atoms with Gasteiger partial charge in [-0.3, -0.25) is 10.1 Å². The summed E-state index contributed by atoms with van der Waals surface area (Å²) in [6.07, 6.45) is 2.08. The Labute approximate surface area is 107 Å². The molecule has 1 rings (SSSR count). The maximum absolute atomic E-state index is 10.8. The summed E-state index contributed by atoms with van der Waals surface area (Å²) >= 11 is 0. The lowest BCUT2D eigenvalue weighted by molar-refractivity contribution is -0.141. The highest BCUT2D eigenvalue weighted by Crippen LogP contribution is 2.03. The molecule has 1 unspecified atom stereocenters. The van der Waals surface area contributed by atoms with Crippen LogP contribution in [0.1, 0.15) is 12.0 Å². The molecule has 98 valence electrons. The number of hydrogen-bond acceptors (Lipinski definition) is 3. The summed E-state index contributed by atoms with van der Waals surface area (Å²) in [5, 5.41) is 11.9. The molecule has 0 heterocycles. The Morgan fingerprint density at radius 3 is 2.78 bits per heavy atom. The van der Waals surface area contributed by atoms with Crippen LogP contribution in [0, 0.1) is 5.92 Å². The van der Waals surface area contributed by atoms with Crippen LogP contribution < -0.4 is 5.32 Å². The number of rotatable bonds is 9. The fourth-order valence-corrected chi connectivity index (χ4v) is 1.52. The molecule has 0 aromatic heterocycles. The molecule has 0 bridgehead atoms. The zero-order chi connectivity index (χ0) is 13.2. The summed E-state index contributed by atoms with van der Waals surface area (Å²) in [6, 6.07) is 9.83. The molecule has 0 saturated heterocycles. The Bertz CT molecular complexity index is 365. The van der Waals surface area contributed by atoms with Crippen LogP contribution in [0.4, 0.5) is 0 Å². The summed E-state index contributed by atoms with van der Waals surface area (Å²) in [6.45, 7) is 4.79. The number of allylic oxidation sites excluding steroid dienone is 1. The van der Waals surface area contributed by atoms with E-state index in [1.54, 1.807) is 6.08 Å². The summed E-state index contributed by atoms with van der Waals surface area (Å²) in [5.41, 5.74) is 1.10. The lowest BCUT2D eigenvalue weighted by atomic mass is 10.1. The zero-order valence-corrected chi connectivity index (χ0v) is 10.3. The van der Waals surface area contributed by atoms with Gasteiger partial charge in [-0.25, -0.2) is 0 Å². The number of carboxylic acids is 1. The van der Waals surface area contributed by atoms with Crippen molar-refractivity contribution >= 4 is 5.97 Å². The van der Waals surface area contributed by atoms with Crippen molar-refractivity contribution in [3.63, 3.8) is 0 Å². The van der Waals surface area contributed by atoms with Crippen LogP contribution in [-0.2, 0) is 16.1 Å². The second-order valence-electron chi connectivity index (χ2n) is 3.99. The number of hydrogen-bond donors (Lipinski definition) is 2. The van der Waals surface area contributed by atoms with Gasteiger partial charge < -0.3 is 9.84 Å². The molecule has 1 atom stereocenters. The van der Waals surface area contributed by atoms with Gasteiger partial charge in [0, 0.05) is 6.54 Å². The third-order valence-corrected chi connectivity index (χ3v) is 2.51. The van der Waals surface area contributed by atoms with E-state index in [0.717, 1.165) is 5.56 Å². The number of benzene rings is 1. The molecule has 0 amide bonds. The maximum Gasteiger partial charge on any atom is 0.308 e. The first kappa shape index (κ1) is 14.4. The van der Waals surface area contributed by atoms with Crippen LogP contribution in [-0.4, -0.2) is 24.4 Å². The predicted octanol–water partition coefficient (Wildman–Crippen LogP) is 2.03. The Morgan fingerprint density at radius 2 is 2.17 bits per heavy atom. The normalized spacial score (nSPS) is 12.0. The molecule has 0 spiro atoms. The molecule has 4 heteroatoms. The standard InChI is InChI=1S/C14H19NO3/c1-2-6-13(14(16)17)9-15-11-18-10-12-7-4-3-5-8-12/h2-5,7-8,13,15H,1,6,9-11H2,(H,16,17). The molecule has 0 aliphatic heterocycles. The van der Waals surface area contributed by atoms with Crippen molar-refractivity contribution in [1.29, 1.82) is 0 Å². The van der Waals surface area contributed by atoms with Crippen molar-refractivity contribution in [3.8, 4) is 0 Å². The van der Waals surface area contributed by atoms with E-state index in [0.29, 0.717) is 26.3 Å². The average Bonchev–Trinajstić information content (AvgIpc) is 2.38. The topological polar surface area (TPSA) is 58.6 Å². The van der Waals surface area contributed by atoms with E-state index in [9.17, 15) is 4.79 Å². The van der Waals surface area contributed by atoms with Crippen LogP contribution in [0.25, 0.3) is 0 Å². The summed E-state index contributed by atoms with van der Waals surface area (Å²) in [4.78, 5) is 10.8. The van der Waals surface area contributed by atoms with Crippen LogP contribution in [0.2, 0.25) is 0 Å². The van der Waals surface area contributed by atoms with Crippen LogP contribution in [0.5, 0.6) is 0 Å². The first-order chi connectivity index (χ1) is 8.74. The van der Waals surface area contributed by atoms with Gasteiger partial charge in [0.25, 0.3) is 0 Å². The minimum Gasteiger partial charge on any atom is -0.481 e. The highest BCUT2D eigenvalue weighted by atomic mass is 16.5. The SMILES string of the molecule is C=CCC(CNCOCc1ccccc1)C(=O)O. The van der Waals surface area contributed by atoms with E-state index in [2.05, 4.69) is 11.9 Å². The number of ether oxygens (including phenoxy) is 1. The predicted molar refractivity (Wildman–Crippen MR) is 70.0 cm³/mol. The van der Waals surface area contributed by atoms with Gasteiger partial charge in [-0.1, -0.05) is 36.4 Å². The summed E-state index contributed by atoms with van der Waals surface area (Å²) < 4.78 is 5.40. The maximum atomic E-state index is 10.8. The fraction of sp³-hybridized carbons (Fsp3) is 0.357. The highest BCUT2D eigenvalue weighted by molar-refractivity contribution is 5.70. The van der Waals surface area contributed by atoms with Crippen molar-refractivity contribution in [3.05, 3.63) is 48.6 Å². The third-order valence-electron chi connectivity index (χ3n) is 2.51. The molecule has 0 aliphatic rings. The van der Waals surface area contributed by atoms with Gasteiger partial charge in [0.15, 0.2) is 0 Å². The number of carbonyl (C=O) groups is 1. The monoisotopic (exact) mass is 249 g/mol. The molecule has 0 aliphatic carbocycles. The third kappa shape index (κ3) is 5.61. The van der Waals surface area contributed by atoms with Crippen molar-refractivity contribution in [2.24, 2.45) is 5.92 Å². The molecule has 1 aromatic rings. The fourth-order valence-electron chi connectivity index (χ4n) is 1.52. The van der Waals surface area contributed by atoms with Gasteiger partial charge in [-0.2, -0.15) is 0 Å². The van der Waals surface area contributed by atoms with Gasteiger partial charge in [0.05, 0.1) is 19.3 Å². The molecule has 18 heavy (non-hydrogen) atoms. The molecular weight excluding hydrogens is 230 g/mol. The van der Waals surface area contributed by atoms with E-state index in [1.165, 1.54) is 0 Å². The molecule has 1 aromatic carbocycles. The first-order valence-electron chi connectivity index (χ1n) is 5.90. The molecule has 0 saturated carbocycles. The quantitative estimate of drug-likeness (QED) is 0.399. The first-order valence-corrected chi connectivity index (χ1v) is 5.90. The van der Waals surface area contributed by atoms with Gasteiger partial charge in [0.2, 0.25) is 0 Å². The second kappa shape index (κ2) is 8.44. The van der Waals surface area contributed by atoms with E-state index in [1.807, 2.05) is 30.3 Å². The van der Waals surface area contributed by atoms with Gasteiger partial charge in [0.1, 0.15) is 0 Å². The molecular formula is C14H19NO3. The van der Waals surface area contributed by atoms with Crippen LogP contribution >= 0.6 is 0 Å². The number of aliphatic carboxylic acids is 1. The van der Waals surface area contributed by atoms with Crippen LogP contribution in [0.3, 0.4) is 0 Å². The number of nitrogens with one attached hydrogen (secondary N) is 1.